The van der Waals surface area contributed by atoms with E-state index in [2.05, 4.69) is 47.7 Å². The van der Waals surface area contributed by atoms with E-state index in [1.54, 1.807) is 19.2 Å². The summed E-state index contributed by atoms with van der Waals surface area (Å²) in [4.78, 5) is 4.31. The highest BCUT2D eigenvalue weighted by molar-refractivity contribution is 14.0. The Morgan fingerprint density at radius 1 is 1.04 bits per heavy atom. The standard InChI is InChI=1S/C18H24N4O2S.HI/c1-13-4-7-16(14(2)10-13)12-22-18(20-3)21-11-15-5-8-17(9-6-15)25(19,23)24;/h4-10H,11-12H2,1-3H3,(H2,19,23,24)(H2,20,21,22);1H. The lowest BCUT2D eigenvalue weighted by Crippen LogP contribution is -2.36. The number of guanidine groups is 1. The summed E-state index contributed by atoms with van der Waals surface area (Å²) in [6, 6.07) is 12.8. The van der Waals surface area contributed by atoms with Crippen molar-refractivity contribution >= 4 is 40.0 Å². The summed E-state index contributed by atoms with van der Waals surface area (Å²) in [6.07, 6.45) is 0. The van der Waals surface area contributed by atoms with Crippen molar-refractivity contribution in [1.82, 2.24) is 10.6 Å². The molecule has 4 N–H and O–H groups in total. The minimum Gasteiger partial charge on any atom is -0.352 e. The molecule has 2 aromatic rings. The summed E-state index contributed by atoms with van der Waals surface area (Å²) in [5, 5.41) is 11.6. The van der Waals surface area contributed by atoms with Gasteiger partial charge in [0.1, 0.15) is 0 Å². The molecule has 0 radical (unpaired) electrons. The molecular formula is C18H25IN4O2S. The van der Waals surface area contributed by atoms with Gasteiger partial charge >= 0.3 is 0 Å². The van der Waals surface area contributed by atoms with Crippen LogP contribution in [0, 0.1) is 13.8 Å². The molecule has 0 amide bonds. The Morgan fingerprint density at radius 2 is 1.65 bits per heavy atom. The maximum absolute atomic E-state index is 11.3. The largest absolute Gasteiger partial charge is 0.352 e. The summed E-state index contributed by atoms with van der Waals surface area (Å²) < 4.78 is 22.5. The van der Waals surface area contributed by atoms with Crippen LogP contribution in [0.15, 0.2) is 52.4 Å². The summed E-state index contributed by atoms with van der Waals surface area (Å²) >= 11 is 0. The van der Waals surface area contributed by atoms with E-state index in [-0.39, 0.29) is 28.9 Å². The Bertz CT molecular complexity index is 865. The van der Waals surface area contributed by atoms with Crippen LogP contribution in [-0.4, -0.2) is 21.4 Å². The van der Waals surface area contributed by atoms with Gasteiger partial charge in [-0.15, -0.1) is 24.0 Å². The van der Waals surface area contributed by atoms with Crippen molar-refractivity contribution in [2.24, 2.45) is 10.1 Å². The average molecular weight is 488 g/mol. The van der Waals surface area contributed by atoms with Gasteiger partial charge in [0.25, 0.3) is 0 Å². The number of sulfonamides is 1. The van der Waals surface area contributed by atoms with Gasteiger partial charge in [0, 0.05) is 20.1 Å². The summed E-state index contributed by atoms with van der Waals surface area (Å²) in [7, 11) is -1.95. The molecule has 0 aliphatic rings. The predicted molar refractivity (Wildman–Crippen MR) is 116 cm³/mol. The lowest BCUT2D eigenvalue weighted by molar-refractivity contribution is 0.597. The van der Waals surface area contributed by atoms with Crippen molar-refractivity contribution in [1.29, 1.82) is 0 Å². The quantitative estimate of drug-likeness (QED) is 0.342. The highest BCUT2D eigenvalue weighted by Gasteiger charge is 2.07. The Kier molecular flexibility index (Phi) is 8.51. The normalized spacial score (nSPS) is 11.6. The number of primary sulfonamides is 1. The first-order chi connectivity index (χ1) is 11.8. The third-order valence-corrected chi connectivity index (χ3v) is 4.81. The van der Waals surface area contributed by atoms with Crippen LogP contribution in [0.2, 0.25) is 0 Å². The summed E-state index contributed by atoms with van der Waals surface area (Å²) in [6.45, 7) is 5.37. The van der Waals surface area contributed by atoms with Gasteiger partial charge in [-0.2, -0.15) is 0 Å². The SMILES string of the molecule is CN=C(NCc1ccc(S(N)(=O)=O)cc1)NCc1ccc(C)cc1C.I. The fourth-order valence-corrected chi connectivity index (χ4v) is 2.94. The minimum absolute atomic E-state index is 0. The summed E-state index contributed by atoms with van der Waals surface area (Å²) in [5.74, 6) is 0.676. The van der Waals surface area contributed by atoms with Crippen LogP contribution in [-0.2, 0) is 23.1 Å². The van der Waals surface area contributed by atoms with Crippen molar-refractivity contribution in [3.8, 4) is 0 Å². The average Bonchev–Trinajstić information content (AvgIpc) is 2.56. The lowest BCUT2D eigenvalue weighted by atomic mass is 10.1. The second-order valence-corrected chi connectivity index (χ2v) is 7.46. The van der Waals surface area contributed by atoms with Crippen LogP contribution in [0.25, 0.3) is 0 Å². The first-order valence-corrected chi connectivity index (χ1v) is 9.46. The number of nitrogens with two attached hydrogens (primary N) is 1. The monoisotopic (exact) mass is 488 g/mol. The lowest BCUT2D eigenvalue weighted by Gasteiger charge is -2.13. The summed E-state index contributed by atoms with van der Waals surface area (Å²) in [5.41, 5.74) is 4.63. The second kappa shape index (κ2) is 9.89. The topological polar surface area (TPSA) is 96.6 Å². The van der Waals surface area contributed by atoms with Crippen LogP contribution in [0.1, 0.15) is 22.3 Å². The highest BCUT2D eigenvalue weighted by atomic mass is 127. The van der Waals surface area contributed by atoms with E-state index in [1.807, 2.05) is 0 Å². The third-order valence-electron chi connectivity index (χ3n) is 3.88. The first-order valence-electron chi connectivity index (χ1n) is 7.92. The smallest absolute Gasteiger partial charge is 0.238 e. The van der Waals surface area contributed by atoms with E-state index in [0.29, 0.717) is 19.0 Å². The molecule has 6 nitrogen and oxygen atoms in total. The Morgan fingerprint density at radius 3 is 2.19 bits per heavy atom. The number of aliphatic imine (C=N–C) groups is 1. The van der Waals surface area contributed by atoms with Crippen LogP contribution < -0.4 is 15.8 Å². The molecule has 0 saturated carbocycles. The van der Waals surface area contributed by atoms with Gasteiger partial charge in [-0.3, -0.25) is 4.99 Å². The molecule has 0 aliphatic carbocycles. The number of aryl methyl sites for hydroxylation is 2. The molecule has 0 aliphatic heterocycles. The van der Waals surface area contributed by atoms with Crippen molar-refractivity contribution in [2.75, 3.05) is 7.05 Å². The Hall–Kier alpha value is -1.65. The zero-order valence-electron chi connectivity index (χ0n) is 15.1. The van der Waals surface area contributed by atoms with Gasteiger partial charge in [0.15, 0.2) is 5.96 Å². The van der Waals surface area contributed by atoms with Crippen molar-refractivity contribution in [3.05, 3.63) is 64.7 Å². The van der Waals surface area contributed by atoms with Crippen LogP contribution in [0.3, 0.4) is 0 Å². The maximum atomic E-state index is 11.3. The van der Waals surface area contributed by atoms with E-state index in [0.717, 1.165) is 5.56 Å². The van der Waals surface area contributed by atoms with Gasteiger partial charge in [0.05, 0.1) is 4.90 Å². The molecule has 0 bridgehead atoms. The molecule has 26 heavy (non-hydrogen) atoms. The predicted octanol–water partition coefficient (Wildman–Crippen LogP) is 2.43. The zero-order valence-corrected chi connectivity index (χ0v) is 18.3. The molecule has 0 unspecified atom stereocenters. The van der Waals surface area contributed by atoms with Gasteiger partial charge in [-0.25, -0.2) is 13.6 Å². The number of halogens is 1. The molecule has 0 fully saturated rings. The Balaban J connectivity index is 0.00000338. The number of rotatable bonds is 5. The van der Waals surface area contributed by atoms with Crippen molar-refractivity contribution < 1.29 is 8.42 Å². The maximum Gasteiger partial charge on any atom is 0.238 e. The molecular weight excluding hydrogens is 463 g/mol. The van der Waals surface area contributed by atoms with E-state index >= 15 is 0 Å². The van der Waals surface area contributed by atoms with E-state index < -0.39 is 10.0 Å². The number of hydrogen-bond donors (Lipinski definition) is 3. The number of nitrogens with zero attached hydrogens (tertiary/aromatic N) is 1. The molecule has 2 aromatic carbocycles. The molecule has 0 spiro atoms. The minimum atomic E-state index is -3.66. The molecule has 0 atom stereocenters. The number of hydrogen-bond acceptors (Lipinski definition) is 3. The number of benzene rings is 2. The molecule has 8 heteroatoms. The molecule has 0 aromatic heterocycles. The van der Waals surface area contributed by atoms with Gasteiger partial charge in [-0.1, -0.05) is 35.9 Å². The molecule has 142 valence electrons. The Labute approximate surface area is 172 Å². The third kappa shape index (κ3) is 6.58. The second-order valence-electron chi connectivity index (χ2n) is 5.90. The fraction of sp³-hybridized carbons (Fsp3) is 0.278. The highest BCUT2D eigenvalue weighted by Crippen LogP contribution is 2.10. The first kappa shape index (κ1) is 22.4. The van der Waals surface area contributed by atoms with Crippen LogP contribution in [0.4, 0.5) is 0 Å². The molecule has 2 rings (SSSR count). The van der Waals surface area contributed by atoms with Gasteiger partial charge in [-0.05, 0) is 42.7 Å². The van der Waals surface area contributed by atoms with Crippen LogP contribution in [0.5, 0.6) is 0 Å². The fourth-order valence-electron chi connectivity index (χ4n) is 2.43. The number of nitrogens with one attached hydrogen (secondary N) is 2. The van der Waals surface area contributed by atoms with Crippen molar-refractivity contribution in [2.45, 2.75) is 31.8 Å². The molecule has 0 heterocycles. The van der Waals surface area contributed by atoms with Crippen molar-refractivity contribution in [3.63, 3.8) is 0 Å². The van der Waals surface area contributed by atoms with E-state index in [4.69, 9.17) is 5.14 Å². The van der Waals surface area contributed by atoms with E-state index in [1.165, 1.54) is 28.8 Å². The van der Waals surface area contributed by atoms with Gasteiger partial charge < -0.3 is 10.6 Å². The van der Waals surface area contributed by atoms with Crippen LogP contribution >= 0.6 is 24.0 Å². The zero-order chi connectivity index (χ0) is 18.4. The van der Waals surface area contributed by atoms with E-state index in [9.17, 15) is 8.42 Å². The molecule has 0 saturated heterocycles. The van der Waals surface area contributed by atoms with Gasteiger partial charge in [0.2, 0.25) is 10.0 Å².